The van der Waals surface area contributed by atoms with Gasteiger partial charge in [0.15, 0.2) is 0 Å². The van der Waals surface area contributed by atoms with Crippen LogP contribution in [0.4, 0.5) is 5.69 Å². The zero-order chi connectivity index (χ0) is 16.4. The van der Waals surface area contributed by atoms with E-state index in [-0.39, 0.29) is 5.69 Å². The molecule has 0 radical (unpaired) electrons. The summed E-state index contributed by atoms with van der Waals surface area (Å²) in [5, 5.41) is 20.1. The molecule has 0 unspecified atom stereocenters. The van der Waals surface area contributed by atoms with Crippen LogP contribution in [0.1, 0.15) is 5.76 Å². The molecule has 1 aromatic carbocycles. The number of H-pyrrole nitrogens is 2. The van der Waals surface area contributed by atoms with Crippen molar-refractivity contribution in [3.63, 3.8) is 0 Å². The van der Waals surface area contributed by atoms with Gasteiger partial charge in [0.25, 0.3) is 5.69 Å². The van der Waals surface area contributed by atoms with E-state index in [9.17, 15) is 10.1 Å². The Morgan fingerprint density at radius 2 is 1.78 bits per heavy atom. The highest BCUT2D eigenvalue weighted by Gasteiger charge is 2.08. The molecule has 0 aliphatic heterocycles. The zero-order valence-corrected chi connectivity index (χ0v) is 13.1. The lowest BCUT2D eigenvalue weighted by atomic mass is 10.1. The number of hydrogen-bond donors (Lipinski definition) is 2. The number of benzene rings is 1. The molecule has 0 saturated carbocycles. The van der Waals surface area contributed by atoms with Gasteiger partial charge in [0.05, 0.1) is 11.1 Å². The van der Waals surface area contributed by atoms with Crippen LogP contribution >= 0.6 is 24.4 Å². The minimum absolute atomic E-state index is 0.0261. The lowest BCUT2D eigenvalue weighted by Gasteiger charge is -1.96. The third-order valence-electron chi connectivity index (χ3n) is 2.95. The van der Waals surface area contributed by atoms with Gasteiger partial charge in [0.2, 0.25) is 9.54 Å². The predicted octanol–water partition coefficient (Wildman–Crippen LogP) is 3.65. The van der Waals surface area contributed by atoms with Crippen molar-refractivity contribution < 1.29 is 9.34 Å². The van der Waals surface area contributed by atoms with Gasteiger partial charge in [0.1, 0.15) is 11.5 Å². The minimum Gasteiger partial charge on any atom is -0.455 e. The van der Waals surface area contributed by atoms with Gasteiger partial charge < -0.3 is 4.42 Å². The fourth-order valence-electron chi connectivity index (χ4n) is 1.85. The number of hydrogen-bond acceptors (Lipinski definition) is 6. The van der Waals surface area contributed by atoms with Gasteiger partial charge in [-0.3, -0.25) is 20.3 Å². The summed E-state index contributed by atoms with van der Waals surface area (Å²) in [5.41, 5.74) is 0.754. The third kappa shape index (κ3) is 3.17. The molecule has 2 aromatic heterocycles. The number of rotatable bonds is 4. The van der Waals surface area contributed by atoms with Crippen molar-refractivity contribution in [2.75, 3.05) is 0 Å². The Kier molecular flexibility index (Phi) is 4.00. The van der Waals surface area contributed by atoms with Crippen LogP contribution in [-0.2, 0) is 0 Å². The molecule has 8 nitrogen and oxygen atoms in total. The molecule has 116 valence electrons. The molecule has 3 rings (SSSR count). The van der Waals surface area contributed by atoms with E-state index < -0.39 is 4.92 Å². The monoisotopic (exact) mass is 347 g/mol. The van der Waals surface area contributed by atoms with Gasteiger partial charge in [-0.05, 0) is 48.7 Å². The van der Waals surface area contributed by atoms with Crippen molar-refractivity contribution in [1.82, 2.24) is 14.9 Å². The maximum atomic E-state index is 10.6. The SMILES string of the molecule is O=[N+]([O-])c1ccc(-c2ccc(/C=N\n3c(=S)[nH][nH]c3=S)o2)cc1. The Bertz CT molecular complexity index is 966. The Hall–Kier alpha value is -2.85. The summed E-state index contributed by atoms with van der Waals surface area (Å²) >= 11 is 10.0. The summed E-state index contributed by atoms with van der Waals surface area (Å²) in [7, 11) is 0. The number of nitro benzene ring substituents is 1. The Morgan fingerprint density at radius 3 is 2.39 bits per heavy atom. The number of aromatic nitrogens is 3. The van der Waals surface area contributed by atoms with Crippen molar-refractivity contribution in [1.29, 1.82) is 0 Å². The second kappa shape index (κ2) is 6.10. The molecule has 2 N–H and O–H groups in total. The topological polar surface area (TPSA) is 105 Å². The van der Waals surface area contributed by atoms with Crippen LogP contribution in [0.25, 0.3) is 11.3 Å². The summed E-state index contributed by atoms with van der Waals surface area (Å²) in [5.74, 6) is 1.07. The molecule has 0 spiro atoms. The zero-order valence-electron chi connectivity index (χ0n) is 11.4. The van der Waals surface area contributed by atoms with Gasteiger partial charge in [-0.1, -0.05) is 0 Å². The maximum Gasteiger partial charge on any atom is 0.269 e. The largest absolute Gasteiger partial charge is 0.455 e. The van der Waals surface area contributed by atoms with Crippen LogP contribution in [0.2, 0.25) is 0 Å². The predicted molar refractivity (Wildman–Crippen MR) is 88.6 cm³/mol. The Labute approximate surface area is 139 Å². The van der Waals surface area contributed by atoms with E-state index in [0.29, 0.717) is 21.1 Å². The first-order valence-corrected chi connectivity index (χ1v) is 7.15. The summed E-state index contributed by atoms with van der Waals surface area (Å²) in [6, 6.07) is 9.56. The van der Waals surface area contributed by atoms with E-state index in [1.165, 1.54) is 23.0 Å². The van der Waals surface area contributed by atoms with Gasteiger partial charge in [-0.25, -0.2) is 0 Å². The molecule has 3 aromatic rings. The number of nitrogens with zero attached hydrogens (tertiary/aromatic N) is 3. The molecule has 10 heteroatoms. The number of nitro groups is 1. The van der Waals surface area contributed by atoms with Crippen LogP contribution in [0.5, 0.6) is 0 Å². The second-order valence-corrected chi connectivity index (χ2v) is 5.20. The number of nitrogens with one attached hydrogen (secondary N) is 2. The average molecular weight is 347 g/mol. The lowest BCUT2D eigenvalue weighted by Crippen LogP contribution is -1.89. The summed E-state index contributed by atoms with van der Waals surface area (Å²) < 4.78 is 7.66. The highest BCUT2D eigenvalue weighted by Crippen LogP contribution is 2.24. The normalized spacial score (nSPS) is 11.1. The van der Waals surface area contributed by atoms with Crippen LogP contribution in [-0.4, -0.2) is 26.0 Å². The summed E-state index contributed by atoms with van der Waals surface area (Å²) in [6.07, 6.45) is 1.47. The van der Waals surface area contributed by atoms with Crippen molar-refractivity contribution in [3.05, 3.63) is 61.8 Å². The van der Waals surface area contributed by atoms with Crippen LogP contribution < -0.4 is 0 Å². The molecule has 0 atom stereocenters. The quantitative estimate of drug-likeness (QED) is 0.324. The van der Waals surface area contributed by atoms with Crippen LogP contribution in [0.3, 0.4) is 0 Å². The molecule has 23 heavy (non-hydrogen) atoms. The van der Waals surface area contributed by atoms with Gasteiger partial charge >= 0.3 is 0 Å². The van der Waals surface area contributed by atoms with E-state index in [4.69, 9.17) is 28.9 Å². The molecular weight excluding hydrogens is 338 g/mol. The first-order valence-electron chi connectivity index (χ1n) is 6.33. The van der Waals surface area contributed by atoms with E-state index in [1.807, 2.05) is 0 Å². The van der Waals surface area contributed by atoms with E-state index in [0.717, 1.165) is 5.56 Å². The molecule has 0 aliphatic carbocycles. The molecule has 2 heterocycles. The molecule has 0 aliphatic rings. The number of furan rings is 1. The Morgan fingerprint density at radius 1 is 1.13 bits per heavy atom. The maximum absolute atomic E-state index is 10.6. The fraction of sp³-hybridized carbons (Fsp3) is 0. The summed E-state index contributed by atoms with van der Waals surface area (Å²) in [6.45, 7) is 0. The number of aromatic amines is 2. The average Bonchev–Trinajstić information content (AvgIpc) is 3.13. The first-order chi connectivity index (χ1) is 11.0. The second-order valence-electron chi connectivity index (χ2n) is 4.42. The number of non-ortho nitro benzene ring substituents is 1. The third-order valence-corrected chi connectivity index (χ3v) is 3.50. The molecule has 0 amide bonds. The lowest BCUT2D eigenvalue weighted by molar-refractivity contribution is -0.384. The molecule has 0 fully saturated rings. The highest BCUT2D eigenvalue weighted by molar-refractivity contribution is 7.72. The smallest absolute Gasteiger partial charge is 0.269 e. The van der Waals surface area contributed by atoms with Crippen molar-refractivity contribution in [2.24, 2.45) is 5.10 Å². The Balaban J connectivity index is 1.84. The fourth-order valence-corrected chi connectivity index (χ4v) is 2.29. The van der Waals surface area contributed by atoms with Crippen molar-refractivity contribution in [2.45, 2.75) is 0 Å². The molecule has 0 bridgehead atoms. The molecule has 0 saturated heterocycles. The van der Waals surface area contributed by atoms with Gasteiger partial charge in [0, 0.05) is 17.7 Å². The summed E-state index contributed by atoms with van der Waals surface area (Å²) in [4.78, 5) is 10.2. The van der Waals surface area contributed by atoms with Crippen molar-refractivity contribution >= 4 is 36.3 Å². The van der Waals surface area contributed by atoms with Gasteiger partial charge in [-0.2, -0.15) is 9.78 Å². The van der Waals surface area contributed by atoms with E-state index >= 15 is 0 Å². The standard InChI is InChI=1S/C13H9N5O3S2/c19-18(20)9-3-1-8(2-4-9)11-6-5-10(21-11)7-14-17-12(22)15-16-13(17)23/h1-7H,(H,15,22)(H,16,23)/b14-7-. The van der Waals surface area contributed by atoms with Crippen molar-refractivity contribution in [3.8, 4) is 11.3 Å². The first kappa shape index (κ1) is 15.1. The highest BCUT2D eigenvalue weighted by atomic mass is 32.1. The van der Waals surface area contributed by atoms with E-state index in [1.54, 1.807) is 24.3 Å². The van der Waals surface area contributed by atoms with Crippen LogP contribution in [0.15, 0.2) is 45.9 Å². The molecular formula is C13H9N5O3S2. The minimum atomic E-state index is -0.450. The van der Waals surface area contributed by atoms with E-state index in [2.05, 4.69) is 15.3 Å². The van der Waals surface area contributed by atoms with Crippen LogP contribution in [0, 0.1) is 19.7 Å². The van der Waals surface area contributed by atoms with Gasteiger partial charge in [-0.15, -0.1) is 0 Å².